The van der Waals surface area contributed by atoms with E-state index >= 15 is 0 Å². The fraction of sp³-hybridized carbons (Fsp3) is 0.615. The predicted octanol–water partition coefficient (Wildman–Crippen LogP) is 1.89. The van der Waals surface area contributed by atoms with Gasteiger partial charge in [-0.1, -0.05) is 19.3 Å². The van der Waals surface area contributed by atoms with E-state index in [1.807, 2.05) is 4.90 Å². The van der Waals surface area contributed by atoms with E-state index in [-0.39, 0.29) is 5.91 Å². The van der Waals surface area contributed by atoms with Crippen LogP contribution < -0.4 is 4.74 Å². The Morgan fingerprint density at radius 1 is 1.11 bits per heavy atom. The molecule has 1 aliphatic rings. The molecule has 18 heavy (non-hydrogen) atoms. The Morgan fingerprint density at radius 2 is 1.78 bits per heavy atom. The van der Waals surface area contributed by atoms with Crippen LogP contribution in [0.15, 0.2) is 12.1 Å². The Bertz CT molecular complexity index is 384. The van der Waals surface area contributed by atoms with E-state index in [0.717, 1.165) is 25.9 Å². The largest absolute Gasteiger partial charge is 0.480 e. The van der Waals surface area contributed by atoms with Gasteiger partial charge in [0.25, 0.3) is 5.91 Å². The number of hydrogen-bond donors (Lipinski definition) is 0. The molecule has 2 rings (SSSR count). The van der Waals surface area contributed by atoms with Crippen molar-refractivity contribution in [3.8, 4) is 5.88 Å². The van der Waals surface area contributed by atoms with Gasteiger partial charge in [0, 0.05) is 19.2 Å². The molecule has 1 aromatic rings. The third-order valence-electron chi connectivity index (χ3n) is 3.21. The van der Waals surface area contributed by atoms with Crippen molar-refractivity contribution in [3.63, 3.8) is 0 Å². The van der Waals surface area contributed by atoms with Gasteiger partial charge in [-0.25, -0.2) is 0 Å². The zero-order valence-corrected chi connectivity index (χ0v) is 10.8. The number of amides is 1. The number of nitrogens with zero attached hydrogens (tertiary/aromatic N) is 3. The summed E-state index contributed by atoms with van der Waals surface area (Å²) >= 11 is 0. The molecule has 0 radical (unpaired) electrons. The van der Waals surface area contributed by atoms with Crippen LogP contribution in [0.4, 0.5) is 0 Å². The normalized spacial score (nSPS) is 16.8. The average molecular weight is 249 g/mol. The van der Waals surface area contributed by atoms with Gasteiger partial charge in [0.2, 0.25) is 5.88 Å². The van der Waals surface area contributed by atoms with Gasteiger partial charge in [0.15, 0.2) is 5.69 Å². The highest BCUT2D eigenvalue weighted by Gasteiger charge is 2.18. The highest BCUT2D eigenvalue weighted by atomic mass is 16.5. The van der Waals surface area contributed by atoms with Gasteiger partial charge < -0.3 is 9.64 Å². The first-order valence-electron chi connectivity index (χ1n) is 6.48. The maximum absolute atomic E-state index is 12.2. The minimum absolute atomic E-state index is 0.0212. The molecule has 0 aromatic carbocycles. The van der Waals surface area contributed by atoms with E-state index in [4.69, 9.17) is 4.74 Å². The van der Waals surface area contributed by atoms with Crippen molar-refractivity contribution in [1.82, 2.24) is 15.1 Å². The topological polar surface area (TPSA) is 55.3 Å². The van der Waals surface area contributed by atoms with Gasteiger partial charge in [-0.3, -0.25) is 4.79 Å². The second-order valence-electron chi connectivity index (χ2n) is 4.52. The van der Waals surface area contributed by atoms with Crippen LogP contribution in [0.2, 0.25) is 0 Å². The summed E-state index contributed by atoms with van der Waals surface area (Å²) in [7, 11) is 1.53. The number of ether oxygens (including phenoxy) is 1. The number of aromatic nitrogens is 2. The van der Waals surface area contributed by atoms with E-state index in [1.165, 1.54) is 26.4 Å². The molecular formula is C13H19N3O2. The van der Waals surface area contributed by atoms with E-state index in [1.54, 1.807) is 12.1 Å². The number of methoxy groups -OCH3 is 1. The minimum atomic E-state index is -0.0212. The molecule has 1 aromatic heterocycles. The minimum Gasteiger partial charge on any atom is -0.480 e. The summed E-state index contributed by atoms with van der Waals surface area (Å²) in [6, 6.07) is 3.34. The molecule has 0 spiro atoms. The Hall–Kier alpha value is -1.65. The molecule has 0 aliphatic carbocycles. The molecule has 1 fully saturated rings. The molecule has 1 aliphatic heterocycles. The SMILES string of the molecule is COc1ccc(C(=O)N2CCCCCCC2)nn1. The van der Waals surface area contributed by atoms with Crippen molar-refractivity contribution in [2.24, 2.45) is 0 Å². The van der Waals surface area contributed by atoms with Crippen LogP contribution in [0, 0.1) is 0 Å². The van der Waals surface area contributed by atoms with E-state index in [9.17, 15) is 4.79 Å². The Morgan fingerprint density at radius 3 is 2.33 bits per heavy atom. The monoisotopic (exact) mass is 249 g/mol. The number of hydrogen-bond acceptors (Lipinski definition) is 4. The smallest absolute Gasteiger partial charge is 0.274 e. The lowest BCUT2D eigenvalue weighted by Gasteiger charge is -2.24. The molecule has 5 nitrogen and oxygen atoms in total. The first-order chi connectivity index (χ1) is 8.81. The molecule has 1 saturated heterocycles. The number of likely N-dealkylation sites (tertiary alicyclic amines) is 1. The van der Waals surface area contributed by atoms with Crippen molar-refractivity contribution >= 4 is 5.91 Å². The van der Waals surface area contributed by atoms with E-state index < -0.39 is 0 Å². The lowest BCUT2D eigenvalue weighted by atomic mass is 10.1. The lowest BCUT2D eigenvalue weighted by molar-refractivity contribution is 0.0735. The van der Waals surface area contributed by atoms with Crippen LogP contribution in [0.25, 0.3) is 0 Å². The summed E-state index contributed by atoms with van der Waals surface area (Å²) in [4.78, 5) is 14.1. The standard InChI is InChI=1S/C13H19N3O2/c1-18-12-8-7-11(14-15-12)13(17)16-9-5-3-2-4-6-10-16/h7-8H,2-6,9-10H2,1H3. The van der Waals surface area contributed by atoms with Crippen molar-refractivity contribution in [1.29, 1.82) is 0 Å². The molecule has 0 N–H and O–H groups in total. The van der Waals surface area contributed by atoms with Gasteiger partial charge >= 0.3 is 0 Å². The van der Waals surface area contributed by atoms with Crippen LogP contribution in [0.3, 0.4) is 0 Å². The van der Waals surface area contributed by atoms with Gasteiger partial charge in [0.05, 0.1) is 7.11 Å². The molecule has 0 unspecified atom stereocenters. The van der Waals surface area contributed by atoms with Crippen molar-refractivity contribution in [2.75, 3.05) is 20.2 Å². The second-order valence-corrected chi connectivity index (χ2v) is 4.52. The van der Waals surface area contributed by atoms with Crippen molar-refractivity contribution in [2.45, 2.75) is 32.1 Å². The summed E-state index contributed by atoms with van der Waals surface area (Å²) in [5.41, 5.74) is 0.399. The lowest BCUT2D eigenvalue weighted by Crippen LogP contribution is -2.34. The van der Waals surface area contributed by atoms with Gasteiger partial charge in [-0.15, -0.1) is 10.2 Å². The first-order valence-corrected chi connectivity index (χ1v) is 6.48. The van der Waals surface area contributed by atoms with Crippen LogP contribution in [-0.4, -0.2) is 41.2 Å². The Labute approximate surface area is 107 Å². The number of carbonyl (C=O) groups is 1. The highest BCUT2D eigenvalue weighted by molar-refractivity contribution is 5.92. The highest BCUT2D eigenvalue weighted by Crippen LogP contribution is 2.13. The van der Waals surface area contributed by atoms with E-state index in [2.05, 4.69) is 10.2 Å². The number of rotatable bonds is 2. The van der Waals surface area contributed by atoms with Gasteiger partial charge in [0.1, 0.15) is 0 Å². The maximum Gasteiger partial charge on any atom is 0.274 e. The molecule has 0 bridgehead atoms. The molecule has 2 heterocycles. The van der Waals surface area contributed by atoms with Crippen LogP contribution in [-0.2, 0) is 0 Å². The Kier molecular flexibility index (Phi) is 4.50. The van der Waals surface area contributed by atoms with Crippen LogP contribution >= 0.6 is 0 Å². The maximum atomic E-state index is 12.2. The summed E-state index contributed by atoms with van der Waals surface area (Å²) < 4.78 is 4.93. The number of carbonyl (C=O) groups excluding carboxylic acids is 1. The predicted molar refractivity (Wildman–Crippen MR) is 67.6 cm³/mol. The second kappa shape index (κ2) is 6.33. The summed E-state index contributed by atoms with van der Waals surface area (Å²) in [6.45, 7) is 1.65. The zero-order chi connectivity index (χ0) is 12.8. The van der Waals surface area contributed by atoms with Crippen molar-refractivity contribution < 1.29 is 9.53 Å². The van der Waals surface area contributed by atoms with Crippen LogP contribution in [0.5, 0.6) is 5.88 Å². The van der Waals surface area contributed by atoms with Gasteiger partial charge in [-0.2, -0.15) is 0 Å². The molecule has 5 heteroatoms. The van der Waals surface area contributed by atoms with E-state index in [0.29, 0.717) is 11.6 Å². The Balaban J connectivity index is 2.03. The average Bonchev–Trinajstić information content (AvgIpc) is 2.38. The third-order valence-corrected chi connectivity index (χ3v) is 3.21. The molecule has 1 amide bonds. The molecular weight excluding hydrogens is 230 g/mol. The quantitative estimate of drug-likeness (QED) is 0.803. The molecule has 98 valence electrons. The van der Waals surface area contributed by atoms with Crippen LogP contribution in [0.1, 0.15) is 42.6 Å². The molecule has 0 saturated carbocycles. The van der Waals surface area contributed by atoms with Gasteiger partial charge in [-0.05, 0) is 18.9 Å². The third kappa shape index (κ3) is 3.18. The zero-order valence-electron chi connectivity index (χ0n) is 10.8. The van der Waals surface area contributed by atoms with Crippen molar-refractivity contribution in [3.05, 3.63) is 17.8 Å². The summed E-state index contributed by atoms with van der Waals surface area (Å²) in [6.07, 6.45) is 5.85. The fourth-order valence-corrected chi connectivity index (χ4v) is 2.16. The molecule has 0 atom stereocenters. The first kappa shape index (κ1) is 12.8. The summed E-state index contributed by atoms with van der Waals surface area (Å²) in [5.74, 6) is 0.409. The summed E-state index contributed by atoms with van der Waals surface area (Å²) in [5, 5.41) is 7.75. The fourth-order valence-electron chi connectivity index (χ4n) is 2.16.